The Balaban J connectivity index is 1.43. The van der Waals surface area contributed by atoms with Crippen LogP contribution in [0.4, 0.5) is 4.39 Å². The fourth-order valence-electron chi connectivity index (χ4n) is 2.10. The first-order valence-electron chi connectivity index (χ1n) is 7.73. The van der Waals surface area contributed by atoms with Crippen molar-refractivity contribution in [3.63, 3.8) is 0 Å². The van der Waals surface area contributed by atoms with Crippen molar-refractivity contribution in [3.8, 4) is 11.5 Å². The molecule has 3 rings (SSSR count). The summed E-state index contributed by atoms with van der Waals surface area (Å²) in [4.78, 5) is 0. The summed E-state index contributed by atoms with van der Waals surface area (Å²) >= 11 is 1.25. The van der Waals surface area contributed by atoms with Crippen molar-refractivity contribution >= 4 is 11.8 Å². The maximum absolute atomic E-state index is 13.5. The van der Waals surface area contributed by atoms with Crippen molar-refractivity contribution < 1.29 is 18.7 Å². The van der Waals surface area contributed by atoms with Gasteiger partial charge in [-0.05, 0) is 18.2 Å². The molecule has 1 heterocycles. The van der Waals surface area contributed by atoms with Gasteiger partial charge in [-0.1, -0.05) is 48.2 Å². The van der Waals surface area contributed by atoms with E-state index in [1.54, 1.807) is 18.2 Å². The average molecular weight is 360 g/mol. The molecule has 1 N–H and O–H groups in total. The third-order valence-corrected chi connectivity index (χ3v) is 4.32. The molecule has 0 aliphatic carbocycles. The van der Waals surface area contributed by atoms with E-state index in [0.29, 0.717) is 22.4 Å². The maximum Gasteiger partial charge on any atom is 0.276 e. The first-order valence-corrected chi connectivity index (χ1v) is 8.72. The van der Waals surface area contributed by atoms with Gasteiger partial charge in [0.15, 0.2) is 0 Å². The van der Waals surface area contributed by atoms with E-state index in [2.05, 4.69) is 10.2 Å². The van der Waals surface area contributed by atoms with Crippen LogP contribution in [-0.2, 0) is 11.3 Å². The van der Waals surface area contributed by atoms with Gasteiger partial charge in [0.25, 0.3) is 5.22 Å². The summed E-state index contributed by atoms with van der Waals surface area (Å²) in [7, 11) is 0. The van der Waals surface area contributed by atoms with Gasteiger partial charge in [-0.2, -0.15) is 0 Å². The smallest absolute Gasteiger partial charge is 0.276 e. The van der Waals surface area contributed by atoms with Crippen LogP contribution < -0.4 is 0 Å². The topological polar surface area (TPSA) is 68.4 Å². The number of nitrogens with zero attached hydrogens (tertiary/aromatic N) is 2. The fraction of sp³-hybridized carbons (Fsp3) is 0.222. The number of benzene rings is 2. The number of rotatable bonds is 8. The van der Waals surface area contributed by atoms with Gasteiger partial charge in [0, 0.05) is 16.9 Å². The molecule has 2 aromatic carbocycles. The van der Waals surface area contributed by atoms with E-state index in [1.807, 2.05) is 30.3 Å². The van der Waals surface area contributed by atoms with Gasteiger partial charge >= 0.3 is 0 Å². The number of ether oxygens (including phenoxy) is 1. The van der Waals surface area contributed by atoms with Crippen LogP contribution in [0.3, 0.4) is 0 Å². The van der Waals surface area contributed by atoms with Gasteiger partial charge in [-0.3, -0.25) is 0 Å². The number of hydrogen-bond donors (Lipinski definition) is 1. The minimum absolute atomic E-state index is 0.0982. The molecule has 0 amide bonds. The summed E-state index contributed by atoms with van der Waals surface area (Å²) in [6, 6.07) is 15.9. The zero-order chi connectivity index (χ0) is 17.5. The molecule has 1 aromatic heterocycles. The minimum Gasteiger partial charge on any atom is -0.411 e. The lowest BCUT2D eigenvalue weighted by atomic mass is 10.2. The van der Waals surface area contributed by atoms with Crippen LogP contribution in [0.15, 0.2) is 64.2 Å². The second-order valence-electron chi connectivity index (χ2n) is 5.31. The summed E-state index contributed by atoms with van der Waals surface area (Å²) < 4.78 is 24.4. The van der Waals surface area contributed by atoms with Gasteiger partial charge in [0.2, 0.25) is 5.89 Å². The molecule has 0 radical (unpaired) electrons. The van der Waals surface area contributed by atoms with E-state index in [-0.39, 0.29) is 19.0 Å². The lowest BCUT2D eigenvalue weighted by molar-refractivity contribution is 0.0386. The minimum atomic E-state index is -0.719. The highest BCUT2D eigenvalue weighted by Crippen LogP contribution is 2.23. The molecule has 25 heavy (non-hydrogen) atoms. The summed E-state index contributed by atoms with van der Waals surface area (Å²) in [5.41, 5.74) is 1.31. The van der Waals surface area contributed by atoms with Crippen molar-refractivity contribution in [1.29, 1.82) is 0 Å². The van der Waals surface area contributed by atoms with Gasteiger partial charge in [0.1, 0.15) is 5.82 Å². The predicted octanol–water partition coefficient (Wildman–Crippen LogP) is 3.55. The summed E-state index contributed by atoms with van der Waals surface area (Å²) in [5, 5.41) is 18.3. The summed E-state index contributed by atoms with van der Waals surface area (Å²) in [6.07, 6.45) is -0.719. The molecule has 3 aromatic rings. The number of aliphatic hydroxyl groups excluding tert-OH is 1. The lowest BCUT2D eigenvalue weighted by Crippen LogP contribution is -2.18. The molecule has 7 heteroatoms. The Kier molecular flexibility index (Phi) is 6.16. The molecule has 130 valence electrons. The molecule has 0 aliphatic heterocycles. The number of hydrogen-bond acceptors (Lipinski definition) is 6. The standard InChI is InChI=1S/C18H17FN2O3S/c19-16-9-5-4-8-14(16)10-23-11-15(22)12-25-18-21-20-17(24-18)13-6-2-1-3-7-13/h1-9,15,22H,10-12H2/t15-/m1/s1. The molecular weight excluding hydrogens is 343 g/mol. The largest absolute Gasteiger partial charge is 0.411 e. The van der Waals surface area contributed by atoms with Crippen molar-refractivity contribution in [1.82, 2.24) is 10.2 Å². The van der Waals surface area contributed by atoms with Crippen LogP contribution in [0.1, 0.15) is 5.56 Å². The van der Waals surface area contributed by atoms with Gasteiger partial charge < -0.3 is 14.3 Å². The van der Waals surface area contributed by atoms with Crippen molar-refractivity contribution in [2.45, 2.75) is 17.9 Å². The lowest BCUT2D eigenvalue weighted by Gasteiger charge is -2.10. The third-order valence-electron chi connectivity index (χ3n) is 3.35. The zero-order valence-electron chi connectivity index (χ0n) is 13.3. The molecule has 0 unspecified atom stereocenters. The van der Waals surface area contributed by atoms with E-state index < -0.39 is 6.10 Å². The van der Waals surface area contributed by atoms with Crippen LogP contribution >= 0.6 is 11.8 Å². The van der Waals surface area contributed by atoms with Gasteiger partial charge in [-0.25, -0.2) is 4.39 Å². The monoisotopic (exact) mass is 360 g/mol. The molecular formula is C18H17FN2O3S. The number of thioether (sulfide) groups is 1. The Morgan fingerprint density at radius 2 is 1.84 bits per heavy atom. The van der Waals surface area contributed by atoms with Crippen LogP contribution in [0.2, 0.25) is 0 Å². The Morgan fingerprint density at radius 1 is 1.08 bits per heavy atom. The van der Waals surface area contributed by atoms with Crippen LogP contribution in [0.5, 0.6) is 0 Å². The third kappa shape index (κ3) is 5.12. The van der Waals surface area contributed by atoms with Crippen molar-refractivity contribution in [2.75, 3.05) is 12.4 Å². The summed E-state index contributed by atoms with van der Waals surface area (Å²) in [6.45, 7) is 0.216. The molecule has 0 fully saturated rings. The van der Waals surface area contributed by atoms with Crippen LogP contribution in [0, 0.1) is 5.82 Å². The normalized spacial score (nSPS) is 12.2. The van der Waals surface area contributed by atoms with Crippen LogP contribution in [-0.4, -0.2) is 33.8 Å². The molecule has 0 saturated carbocycles. The number of aromatic nitrogens is 2. The Bertz CT molecular complexity index is 798. The Hall–Kier alpha value is -2.22. The molecule has 1 atom stereocenters. The maximum atomic E-state index is 13.5. The van der Waals surface area contributed by atoms with E-state index in [4.69, 9.17) is 9.15 Å². The molecule has 0 bridgehead atoms. The Morgan fingerprint density at radius 3 is 2.64 bits per heavy atom. The van der Waals surface area contributed by atoms with Crippen molar-refractivity contribution in [3.05, 3.63) is 66.0 Å². The summed E-state index contributed by atoms with van der Waals surface area (Å²) in [5.74, 6) is 0.465. The first kappa shape index (κ1) is 17.6. The highest BCUT2D eigenvalue weighted by Gasteiger charge is 2.12. The SMILES string of the molecule is O[C@H](COCc1ccccc1F)CSc1nnc(-c2ccccc2)o1. The van der Waals surface area contributed by atoms with E-state index in [9.17, 15) is 9.50 Å². The van der Waals surface area contributed by atoms with Crippen molar-refractivity contribution in [2.24, 2.45) is 0 Å². The molecule has 5 nitrogen and oxygen atoms in total. The predicted molar refractivity (Wildman–Crippen MR) is 92.5 cm³/mol. The highest BCUT2D eigenvalue weighted by atomic mass is 32.2. The van der Waals surface area contributed by atoms with E-state index >= 15 is 0 Å². The second kappa shape index (κ2) is 8.75. The van der Waals surface area contributed by atoms with Gasteiger partial charge in [-0.15, -0.1) is 10.2 Å². The first-order chi connectivity index (χ1) is 12.2. The van der Waals surface area contributed by atoms with E-state index in [0.717, 1.165) is 5.56 Å². The quantitative estimate of drug-likeness (QED) is 0.620. The highest BCUT2D eigenvalue weighted by molar-refractivity contribution is 7.99. The molecule has 0 aliphatic rings. The van der Waals surface area contributed by atoms with E-state index in [1.165, 1.54) is 17.8 Å². The Labute approximate surface area is 148 Å². The average Bonchev–Trinajstić information content (AvgIpc) is 3.11. The fourth-order valence-corrected chi connectivity index (χ4v) is 2.77. The zero-order valence-corrected chi connectivity index (χ0v) is 14.2. The number of aliphatic hydroxyl groups is 1. The molecule has 0 saturated heterocycles. The number of halogens is 1. The van der Waals surface area contributed by atoms with Gasteiger partial charge in [0.05, 0.1) is 19.3 Å². The van der Waals surface area contributed by atoms with Crippen LogP contribution in [0.25, 0.3) is 11.5 Å². The molecule has 0 spiro atoms. The second-order valence-corrected chi connectivity index (χ2v) is 6.28.